The summed E-state index contributed by atoms with van der Waals surface area (Å²) in [6.07, 6.45) is 3.24. The summed E-state index contributed by atoms with van der Waals surface area (Å²) in [5.41, 5.74) is 1.23. The van der Waals surface area contributed by atoms with Crippen molar-refractivity contribution in [3.8, 4) is 0 Å². The van der Waals surface area contributed by atoms with E-state index in [2.05, 4.69) is 0 Å². The van der Waals surface area contributed by atoms with Gasteiger partial charge in [0.1, 0.15) is 5.60 Å². The van der Waals surface area contributed by atoms with Gasteiger partial charge >= 0.3 is 5.97 Å². The number of rotatable bonds is 1. The molecule has 0 N–H and O–H groups in total. The van der Waals surface area contributed by atoms with E-state index in [1.807, 2.05) is 33.8 Å². The molecule has 0 aromatic carbocycles. The zero-order valence-corrected chi connectivity index (χ0v) is 10.4. The lowest BCUT2D eigenvalue weighted by molar-refractivity contribution is -0.150. The quantitative estimate of drug-likeness (QED) is 0.642. The van der Waals surface area contributed by atoms with E-state index in [1.54, 1.807) is 0 Å². The van der Waals surface area contributed by atoms with Gasteiger partial charge in [-0.3, -0.25) is 0 Å². The van der Waals surface area contributed by atoms with Crippen LogP contribution in [0.3, 0.4) is 0 Å². The number of carbonyl (C=O) groups excluding carboxylic acids is 1. The molecule has 0 amide bonds. The van der Waals surface area contributed by atoms with E-state index in [9.17, 15) is 4.79 Å². The van der Waals surface area contributed by atoms with Crippen molar-refractivity contribution < 1.29 is 9.53 Å². The van der Waals surface area contributed by atoms with Gasteiger partial charge in [-0.05, 0) is 52.2 Å². The molecule has 3 heteroatoms. The number of allylic oxidation sites excluding steroid dienone is 3. The molecular weight excluding hydrogens is 212 g/mol. The zero-order valence-electron chi connectivity index (χ0n) is 9.69. The first-order chi connectivity index (χ1) is 6.79. The van der Waals surface area contributed by atoms with Crippen LogP contribution in [-0.4, -0.2) is 11.6 Å². The highest BCUT2D eigenvalue weighted by atomic mass is 35.5. The Labute approximate surface area is 95.9 Å². The van der Waals surface area contributed by atoms with E-state index in [-0.39, 0.29) is 5.97 Å². The van der Waals surface area contributed by atoms with Gasteiger partial charge in [0, 0.05) is 10.6 Å². The zero-order chi connectivity index (χ0) is 11.6. The van der Waals surface area contributed by atoms with Gasteiger partial charge in [0.25, 0.3) is 0 Å². The maximum absolute atomic E-state index is 11.8. The van der Waals surface area contributed by atoms with Gasteiger partial charge in [0.05, 0.1) is 0 Å². The largest absolute Gasteiger partial charge is 0.457 e. The minimum atomic E-state index is -0.435. The Morgan fingerprint density at radius 1 is 1.40 bits per heavy atom. The van der Waals surface area contributed by atoms with Crippen LogP contribution in [0.2, 0.25) is 0 Å². The molecule has 0 aromatic rings. The lowest BCUT2D eigenvalue weighted by Gasteiger charge is -2.22. The highest BCUT2D eigenvalue weighted by Crippen LogP contribution is 2.27. The smallest absolute Gasteiger partial charge is 0.334 e. The van der Waals surface area contributed by atoms with E-state index in [0.29, 0.717) is 6.42 Å². The Hall–Kier alpha value is -0.760. The molecule has 1 aliphatic carbocycles. The standard InChI is InChI=1S/C12H17ClO2/c1-8-7-9(13)5-6-10(8)11(14)15-12(2,3)4/h7H,5-6H2,1-4H3. The molecule has 2 nitrogen and oxygen atoms in total. The molecule has 0 saturated carbocycles. The van der Waals surface area contributed by atoms with Crippen LogP contribution in [0, 0.1) is 0 Å². The number of carbonyl (C=O) groups is 1. The van der Waals surface area contributed by atoms with E-state index in [4.69, 9.17) is 16.3 Å². The fourth-order valence-corrected chi connectivity index (χ4v) is 1.70. The van der Waals surface area contributed by atoms with Gasteiger partial charge in [-0.1, -0.05) is 11.6 Å². The SMILES string of the molecule is CC1=C(C(=O)OC(C)(C)C)CCC(Cl)=C1. The molecule has 1 rings (SSSR count). The van der Waals surface area contributed by atoms with E-state index < -0.39 is 5.60 Å². The fraction of sp³-hybridized carbons (Fsp3) is 0.583. The molecule has 0 aliphatic heterocycles. The second kappa shape index (κ2) is 4.40. The van der Waals surface area contributed by atoms with Gasteiger partial charge in [0.2, 0.25) is 0 Å². The first-order valence-electron chi connectivity index (χ1n) is 5.09. The third-order valence-electron chi connectivity index (χ3n) is 2.11. The third-order valence-corrected chi connectivity index (χ3v) is 2.41. The summed E-state index contributed by atoms with van der Waals surface area (Å²) in [6, 6.07) is 0. The maximum Gasteiger partial charge on any atom is 0.334 e. The minimum absolute atomic E-state index is 0.222. The van der Waals surface area contributed by atoms with Gasteiger partial charge in [-0.15, -0.1) is 0 Å². The third kappa shape index (κ3) is 3.71. The first kappa shape index (κ1) is 12.3. The topological polar surface area (TPSA) is 26.3 Å². The van der Waals surface area contributed by atoms with E-state index in [0.717, 1.165) is 22.6 Å². The molecule has 0 heterocycles. The normalized spacial score (nSPS) is 17.5. The Morgan fingerprint density at radius 3 is 2.47 bits per heavy atom. The molecule has 0 radical (unpaired) electrons. The summed E-state index contributed by atoms with van der Waals surface area (Å²) in [7, 11) is 0. The molecule has 84 valence electrons. The first-order valence-corrected chi connectivity index (χ1v) is 5.46. The predicted molar refractivity (Wildman–Crippen MR) is 61.7 cm³/mol. The van der Waals surface area contributed by atoms with Gasteiger partial charge in [-0.2, -0.15) is 0 Å². The van der Waals surface area contributed by atoms with Crippen molar-refractivity contribution in [1.29, 1.82) is 0 Å². The highest BCUT2D eigenvalue weighted by Gasteiger charge is 2.22. The molecule has 0 fully saturated rings. The summed E-state index contributed by atoms with van der Waals surface area (Å²) in [4.78, 5) is 11.8. The molecule has 0 spiro atoms. The van der Waals surface area contributed by atoms with Crippen molar-refractivity contribution in [2.75, 3.05) is 0 Å². The summed E-state index contributed by atoms with van der Waals surface area (Å²) >= 11 is 5.89. The average Bonchev–Trinajstić information content (AvgIpc) is 1.99. The highest BCUT2D eigenvalue weighted by molar-refractivity contribution is 6.30. The molecule has 0 bridgehead atoms. The predicted octanol–water partition coefficient (Wildman–Crippen LogP) is 3.56. The molecule has 0 aromatic heterocycles. The second-order valence-corrected chi connectivity index (χ2v) is 5.24. The molecular formula is C12H17ClO2. The Bertz CT molecular complexity index is 332. The van der Waals surface area contributed by atoms with Crippen molar-refractivity contribution in [2.24, 2.45) is 0 Å². The van der Waals surface area contributed by atoms with Gasteiger partial charge in [0.15, 0.2) is 0 Å². The lowest BCUT2D eigenvalue weighted by Crippen LogP contribution is -2.25. The van der Waals surface area contributed by atoms with Crippen molar-refractivity contribution in [3.63, 3.8) is 0 Å². The van der Waals surface area contributed by atoms with Crippen LogP contribution in [0.1, 0.15) is 40.5 Å². The van der Waals surface area contributed by atoms with Crippen LogP contribution in [0.4, 0.5) is 0 Å². The van der Waals surface area contributed by atoms with E-state index >= 15 is 0 Å². The van der Waals surface area contributed by atoms with E-state index in [1.165, 1.54) is 0 Å². The average molecular weight is 229 g/mol. The molecule has 0 atom stereocenters. The van der Waals surface area contributed by atoms with Gasteiger partial charge < -0.3 is 4.74 Å². The lowest BCUT2D eigenvalue weighted by atomic mass is 9.98. The van der Waals surface area contributed by atoms with Gasteiger partial charge in [-0.25, -0.2) is 4.79 Å². The Balaban J connectivity index is 2.81. The van der Waals surface area contributed by atoms with Crippen LogP contribution >= 0.6 is 11.6 Å². The van der Waals surface area contributed by atoms with Crippen LogP contribution in [0.5, 0.6) is 0 Å². The van der Waals surface area contributed by atoms with Crippen molar-refractivity contribution in [3.05, 3.63) is 22.3 Å². The molecule has 15 heavy (non-hydrogen) atoms. The summed E-state index contributed by atoms with van der Waals surface area (Å²) < 4.78 is 5.31. The number of esters is 1. The van der Waals surface area contributed by atoms with Crippen LogP contribution in [0.25, 0.3) is 0 Å². The fourth-order valence-electron chi connectivity index (χ4n) is 1.44. The maximum atomic E-state index is 11.8. The number of hydrogen-bond donors (Lipinski definition) is 0. The molecule has 1 aliphatic rings. The van der Waals surface area contributed by atoms with Crippen molar-refractivity contribution in [1.82, 2.24) is 0 Å². The van der Waals surface area contributed by atoms with Crippen LogP contribution in [0.15, 0.2) is 22.3 Å². The Morgan fingerprint density at radius 2 is 2.00 bits per heavy atom. The van der Waals surface area contributed by atoms with Crippen LogP contribution in [-0.2, 0) is 9.53 Å². The number of hydrogen-bond acceptors (Lipinski definition) is 2. The minimum Gasteiger partial charge on any atom is -0.457 e. The summed E-state index contributed by atoms with van der Waals surface area (Å²) in [5.74, 6) is -0.222. The second-order valence-electron chi connectivity index (χ2n) is 4.75. The van der Waals surface area contributed by atoms with Crippen molar-refractivity contribution in [2.45, 2.75) is 46.1 Å². The summed E-state index contributed by atoms with van der Waals surface area (Å²) in [5, 5.41) is 0.805. The van der Waals surface area contributed by atoms with Crippen LogP contribution < -0.4 is 0 Å². The Kier molecular flexibility index (Phi) is 3.61. The number of halogens is 1. The summed E-state index contributed by atoms with van der Waals surface area (Å²) in [6.45, 7) is 7.49. The number of ether oxygens (including phenoxy) is 1. The molecule has 0 unspecified atom stereocenters. The van der Waals surface area contributed by atoms with Crippen molar-refractivity contribution >= 4 is 17.6 Å². The monoisotopic (exact) mass is 228 g/mol. The molecule has 0 saturated heterocycles.